The zero-order valence-electron chi connectivity index (χ0n) is 12.5. The van der Waals surface area contributed by atoms with Crippen molar-refractivity contribution in [3.8, 4) is 0 Å². The highest BCUT2D eigenvalue weighted by Crippen LogP contribution is 2.32. The van der Waals surface area contributed by atoms with Crippen LogP contribution >= 0.6 is 0 Å². The van der Waals surface area contributed by atoms with E-state index >= 15 is 0 Å². The maximum absolute atomic E-state index is 6.04. The molecule has 0 amide bonds. The quantitative estimate of drug-likeness (QED) is 0.936. The number of nitrogens with two attached hydrogens (primary N) is 1. The van der Waals surface area contributed by atoms with Gasteiger partial charge in [-0.1, -0.05) is 43.7 Å². The molecule has 1 saturated heterocycles. The second-order valence-corrected chi connectivity index (χ2v) is 5.65. The number of nitrogens with zero attached hydrogens (tertiary/aromatic N) is 3. The summed E-state index contributed by atoms with van der Waals surface area (Å²) in [5, 5.41) is 0. The molecule has 2 aromatic rings. The smallest absolute Gasteiger partial charge is 0.137 e. The molecule has 0 aliphatic carbocycles. The monoisotopic (exact) mass is 282 g/mol. The van der Waals surface area contributed by atoms with Crippen molar-refractivity contribution in [1.82, 2.24) is 9.97 Å². The molecule has 2 N–H and O–H groups in total. The first-order valence-electron chi connectivity index (χ1n) is 7.68. The molecule has 110 valence electrons. The summed E-state index contributed by atoms with van der Waals surface area (Å²) in [6, 6.07) is 10.7. The van der Waals surface area contributed by atoms with E-state index in [1.54, 1.807) is 6.33 Å². The largest absolute Gasteiger partial charge is 0.383 e. The topological polar surface area (TPSA) is 55.0 Å². The summed E-state index contributed by atoms with van der Waals surface area (Å²) in [5.74, 6) is 2.24. The van der Waals surface area contributed by atoms with Crippen molar-refractivity contribution in [2.75, 3.05) is 23.7 Å². The van der Waals surface area contributed by atoms with Crippen LogP contribution in [0, 0.1) is 0 Å². The van der Waals surface area contributed by atoms with Gasteiger partial charge in [0, 0.05) is 24.6 Å². The lowest BCUT2D eigenvalue weighted by molar-refractivity contribution is 0.773. The molecule has 3 rings (SSSR count). The molecular formula is C17H22N4. The molecule has 1 unspecified atom stereocenters. The predicted octanol–water partition coefficient (Wildman–Crippen LogP) is 3.01. The van der Waals surface area contributed by atoms with Gasteiger partial charge in [0.05, 0.1) is 0 Å². The SMILES string of the molecule is CCCc1c(N)ncnc1N1CCC(c2ccccc2)C1. The third-order valence-corrected chi connectivity index (χ3v) is 4.21. The summed E-state index contributed by atoms with van der Waals surface area (Å²) in [7, 11) is 0. The van der Waals surface area contributed by atoms with Gasteiger partial charge < -0.3 is 10.6 Å². The number of aromatic nitrogens is 2. The Morgan fingerprint density at radius 3 is 2.81 bits per heavy atom. The summed E-state index contributed by atoms with van der Waals surface area (Å²) in [4.78, 5) is 11.0. The number of benzene rings is 1. The van der Waals surface area contributed by atoms with Crippen molar-refractivity contribution in [3.05, 3.63) is 47.8 Å². The average Bonchev–Trinajstić information content (AvgIpc) is 3.00. The highest BCUT2D eigenvalue weighted by Gasteiger charge is 2.26. The van der Waals surface area contributed by atoms with E-state index < -0.39 is 0 Å². The Labute approximate surface area is 126 Å². The van der Waals surface area contributed by atoms with Crippen LogP contribution < -0.4 is 10.6 Å². The zero-order chi connectivity index (χ0) is 14.7. The predicted molar refractivity (Wildman–Crippen MR) is 86.5 cm³/mol. The molecule has 0 saturated carbocycles. The molecule has 0 spiro atoms. The molecule has 1 atom stereocenters. The molecule has 0 bridgehead atoms. The van der Waals surface area contributed by atoms with Crippen LogP contribution in [-0.2, 0) is 6.42 Å². The molecule has 0 radical (unpaired) electrons. The second-order valence-electron chi connectivity index (χ2n) is 5.65. The normalized spacial score (nSPS) is 18.1. The summed E-state index contributed by atoms with van der Waals surface area (Å²) >= 11 is 0. The number of anilines is 2. The van der Waals surface area contributed by atoms with Gasteiger partial charge in [0.15, 0.2) is 0 Å². The Bertz CT molecular complexity index is 597. The van der Waals surface area contributed by atoms with Gasteiger partial charge in [-0.3, -0.25) is 0 Å². The highest BCUT2D eigenvalue weighted by molar-refractivity contribution is 5.57. The summed E-state index contributed by atoms with van der Waals surface area (Å²) in [5.41, 5.74) is 8.56. The number of hydrogen-bond acceptors (Lipinski definition) is 4. The maximum Gasteiger partial charge on any atom is 0.137 e. The van der Waals surface area contributed by atoms with Crippen LogP contribution in [0.5, 0.6) is 0 Å². The van der Waals surface area contributed by atoms with Crippen LogP contribution in [0.15, 0.2) is 36.7 Å². The van der Waals surface area contributed by atoms with Gasteiger partial charge in [-0.2, -0.15) is 0 Å². The Morgan fingerprint density at radius 2 is 2.05 bits per heavy atom. The first-order chi connectivity index (χ1) is 10.3. The van der Waals surface area contributed by atoms with Crippen molar-refractivity contribution >= 4 is 11.6 Å². The van der Waals surface area contributed by atoms with Crippen molar-refractivity contribution in [3.63, 3.8) is 0 Å². The lowest BCUT2D eigenvalue weighted by Gasteiger charge is -2.21. The van der Waals surface area contributed by atoms with E-state index in [1.807, 2.05) is 0 Å². The summed E-state index contributed by atoms with van der Waals surface area (Å²) < 4.78 is 0. The Hall–Kier alpha value is -2.10. The van der Waals surface area contributed by atoms with E-state index in [1.165, 1.54) is 12.0 Å². The van der Waals surface area contributed by atoms with Gasteiger partial charge >= 0.3 is 0 Å². The fourth-order valence-corrected chi connectivity index (χ4v) is 3.13. The highest BCUT2D eigenvalue weighted by atomic mass is 15.2. The standard InChI is InChI=1S/C17H22N4/c1-2-6-15-16(18)19-12-20-17(15)21-10-9-14(11-21)13-7-4-3-5-8-13/h3-5,7-8,12,14H,2,6,9-11H2,1H3,(H2,18,19,20). The Balaban J connectivity index is 1.82. The van der Waals surface area contributed by atoms with Crippen molar-refractivity contribution in [1.29, 1.82) is 0 Å². The van der Waals surface area contributed by atoms with Crippen LogP contribution in [-0.4, -0.2) is 23.1 Å². The second kappa shape index (κ2) is 6.12. The molecule has 1 aliphatic heterocycles. The zero-order valence-corrected chi connectivity index (χ0v) is 12.5. The minimum atomic E-state index is 0.580. The van der Waals surface area contributed by atoms with Crippen LogP contribution in [0.1, 0.15) is 36.8 Å². The summed E-state index contributed by atoms with van der Waals surface area (Å²) in [6.07, 6.45) is 4.74. The van der Waals surface area contributed by atoms with Crippen LogP contribution in [0.4, 0.5) is 11.6 Å². The van der Waals surface area contributed by atoms with Gasteiger partial charge in [-0.25, -0.2) is 9.97 Å². The van der Waals surface area contributed by atoms with E-state index in [4.69, 9.17) is 5.73 Å². The molecule has 1 fully saturated rings. The molecule has 21 heavy (non-hydrogen) atoms. The Kier molecular flexibility index (Phi) is 4.04. The number of nitrogen functional groups attached to an aromatic ring is 1. The van der Waals surface area contributed by atoms with Gasteiger partial charge in [0.25, 0.3) is 0 Å². The molecule has 1 aliphatic rings. The molecule has 4 nitrogen and oxygen atoms in total. The number of rotatable bonds is 4. The average molecular weight is 282 g/mol. The lowest BCUT2D eigenvalue weighted by atomic mass is 9.99. The van der Waals surface area contributed by atoms with Crippen LogP contribution in [0.3, 0.4) is 0 Å². The van der Waals surface area contributed by atoms with E-state index in [9.17, 15) is 0 Å². The van der Waals surface area contributed by atoms with Gasteiger partial charge in [0.2, 0.25) is 0 Å². The third-order valence-electron chi connectivity index (χ3n) is 4.21. The molecular weight excluding hydrogens is 260 g/mol. The third kappa shape index (κ3) is 2.84. The fourth-order valence-electron chi connectivity index (χ4n) is 3.13. The minimum absolute atomic E-state index is 0.580. The first-order valence-corrected chi connectivity index (χ1v) is 7.68. The van der Waals surface area contributed by atoms with E-state index in [0.29, 0.717) is 11.7 Å². The van der Waals surface area contributed by atoms with E-state index in [0.717, 1.165) is 37.3 Å². The van der Waals surface area contributed by atoms with Crippen molar-refractivity contribution in [2.45, 2.75) is 32.1 Å². The maximum atomic E-state index is 6.04. The van der Waals surface area contributed by atoms with Gasteiger partial charge in [0.1, 0.15) is 18.0 Å². The fraction of sp³-hybridized carbons (Fsp3) is 0.412. The Morgan fingerprint density at radius 1 is 1.24 bits per heavy atom. The van der Waals surface area contributed by atoms with Gasteiger partial charge in [-0.15, -0.1) is 0 Å². The van der Waals surface area contributed by atoms with E-state index in [-0.39, 0.29) is 0 Å². The molecule has 1 aromatic carbocycles. The van der Waals surface area contributed by atoms with Gasteiger partial charge in [-0.05, 0) is 18.4 Å². The van der Waals surface area contributed by atoms with Crippen molar-refractivity contribution < 1.29 is 0 Å². The first kappa shape index (κ1) is 13.9. The molecule has 4 heteroatoms. The molecule has 1 aromatic heterocycles. The van der Waals surface area contributed by atoms with Crippen molar-refractivity contribution in [2.24, 2.45) is 0 Å². The minimum Gasteiger partial charge on any atom is -0.383 e. The lowest BCUT2D eigenvalue weighted by Crippen LogP contribution is -2.23. The van der Waals surface area contributed by atoms with E-state index in [2.05, 4.69) is 52.1 Å². The van der Waals surface area contributed by atoms with Crippen LogP contribution in [0.25, 0.3) is 0 Å². The molecule has 2 heterocycles. The number of hydrogen-bond donors (Lipinski definition) is 1. The van der Waals surface area contributed by atoms with Crippen LogP contribution in [0.2, 0.25) is 0 Å². The summed E-state index contributed by atoms with van der Waals surface area (Å²) in [6.45, 7) is 4.21.